The minimum absolute atomic E-state index is 0.343. The van der Waals surface area contributed by atoms with E-state index < -0.39 is 0 Å². The second-order valence-electron chi connectivity index (χ2n) is 4.83. The molecule has 0 saturated heterocycles. The molecule has 3 heterocycles. The van der Waals surface area contributed by atoms with Crippen LogP contribution in [0.15, 0.2) is 18.6 Å². The molecule has 0 unspecified atom stereocenters. The van der Waals surface area contributed by atoms with Crippen LogP contribution in [0, 0.1) is 6.92 Å². The summed E-state index contributed by atoms with van der Waals surface area (Å²) in [6.07, 6.45) is 3.66. The Labute approximate surface area is 115 Å². The molecule has 0 amide bonds. The number of hydrogen-bond donors (Lipinski definition) is 0. The Morgan fingerprint density at radius 3 is 2.84 bits per heavy atom. The third kappa shape index (κ3) is 2.23. The highest BCUT2D eigenvalue weighted by atomic mass is 32.1. The first-order valence-corrected chi connectivity index (χ1v) is 7.01. The monoisotopic (exact) mass is 273 g/mol. The fourth-order valence-corrected chi connectivity index (χ4v) is 2.66. The molecule has 0 saturated carbocycles. The van der Waals surface area contributed by atoms with Crippen molar-refractivity contribution in [1.82, 2.24) is 23.9 Å². The summed E-state index contributed by atoms with van der Waals surface area (Å²) in [6, 6.07) is 2.02. The predicted octanol–water partition coefficient (Wildman–Crippen LogP) is 2.76. The van der Waals surface area contributed by atoms with Crippen LogP contribution >= 0.6 is 11.5 Å². The van der Waals surface area contributed by atoms with Gasteiger partial charge in [0.25, 0.3) is 0 Å². The Kier molecular flexibility index (Phi) is 3.02. The Morgan fingerprint density at radius 2 is 2.16 bits per heavy atom. The van der Waals surface area contributed by atoms with E-state index >= 15 is 0 Å². The second kappa shape index (κ2) is 4.70. The molecule has 6 heteroatoms. The van der Waals surface area contributed by atoms with E-state index in [-0.39, 0.29) is 0 Å². The lowest BCUT2D eigenvalue weighted by atomic mass is 10.1. The molecule has 0 aliphatic carbocycles. The van der Waals surface area contributed by atoms with E-state index in [1.807, 2.05) is 25.5 Å². The first kappa shape index (κ1) is 12.2. The van der Waals surface area contributed by atoms with Crippen LogP contribution in [-0.2, 0) is 6.54 Å². The zero-order valence-corrected chi connectivity index (χ0v) is 12.0. The summed E-state index contributed by atoms with van der Waals surface area (Å²) in [7, 11) is 0. The van der Waals surface area contributed by atoms with Gasteiger partial charge in [0.05, 0.1) is 18.6 Å². The van der Waals surface area contributed by atoms with E-state index in [2.05, 4.69) is 37.7 Å². The Morgan fingerprint density at radius 1 is 1.32 bits per heavy atom. The van der Waals surface area contributed by atoms with E-state index in [1.165, 1.54) is 16.4 Å². The number of fused-ring (bicyclic) bond motifs is 1. The number of rotatable bonds is 3. The van der Waals surface area contributed by atoms with Crippen molar-refractivity contribution in [2.75, 3.05) is 0 Å². The first-order valence-electron chi connectivity index (χ1n) is 6.24. The molecule has 3 aromatic heterocycles. The zero-order valence-electron chi connectivity index (χ0n) is 11.2. The number of imidazole rings is 1. The molecule has 5 nitrogen and oxygen atoms in total. The van der Waals surface area contributed by atoms with Crippen LogP contribution in [0.4, 0.5) is 0 Å². The summed E-state index contributed by atoms with van der Waals surface area (Å²) < 4.78 is 6.18. The van der Waals surface area contributed by atoms with Crippen LogP contribution < -0.4 is 0 Å². The zero-order chi connectivity index (χ0) is 13.4. The van der Waals surface area contributed by atoms with Gasteiger partial charge < -0.3 is 4.57 Å². The van der Waals surface area contributed by atoms with Gasteiger partial charge in [-0.25, -0.2) is 19.3 Å². The maximum atomic E-state index is 4.53. The van der Waals surface area contributed by atoms with Crippen molar-refractivity contribution in [2.45, 2.75) is 33.2 Å². The normalized spacial score (nSPS) is 11.6. The number of aromatic nitrogens is 5. The van der Waals surface area contributed by atoms with E-state index in [1.54, 1.807) is 0 Å². The van der Waals surface area contributed by atoms with Crippen LogP contribution in [0.1, 0.15) is 36.2 Å². The van der Waals surface area contributed by atoms with Crippen LogP contribution in [0.25, 0.3) is 11.2 Å². The highest BCUT2D eigenvalue weighted by molar-refractivity contribution is 7.05. The van der Waals surface area contributed by atoms with Gasteiger partial charge in [-0.1, -0.05) is 13.8 Å². The second-order valence-corrected chi connectivity index (χ2v) is 5.75. The number of hydrogen-bond acceptors (Lipinski definition) is 5. The highest BCUT2D eigenvalue weighted by Crippen LogP contribution is 2.22. The van der Waals surface area contributed by atoms with Gasteiger partial charge in [0.1, 0.15) is 11.3 Å². The lowest BCUT2D eigenvalue weighted by Crippen LogP contribution is -2.03. The van der Waals surface area contributed by atoms with Crippen LogP contribution in [0.5, 0.6) is 0 Å². The van der Waals surface area contributed by atoms with Crippen molar-refractivity contribution in [1.29, 1.82) is 0 Å². The van der Waals surface area contributed by atoms with Gasteiger partial charge in [0.15, 0.2) is 5.65 Å². The molecule has 0 aromatic carbocycles. The predicted molar refractivity (Wildman–Crippen MR) is 75.4 cm³/mol. The van der Waals surface area contributed by atoms with E-state index in [4.69, 9.17) is 0 Å². The maximum Gasteiger partial charge on any atom is 0.164 e. The average Bonchev–Trinajstić information content (AvgIpc) is 2.99. The van der Waals surface area contributed by atoms with E-state index in [0.717, 1.165) is 29.2 Å². The molecule has 0 radical (unpaired) electrons. The van der Waals surface area contributed by atoms with E-state index in [0.29, 0.717) is 5.92 Å². The summed E-state index contributed by atoms with van der Waals surface area (Å²) in [5, 5.41) is 0. The lowest BCUT2D eigenvalue weighted by Gasteiger charge is -2.07. The molecule has 3 aromatic rings. The molecular weight excluding hydrogens is 258 g/mol. The Hall–Kier alpha value is -1.82. The van der Waals surface area contributed by atoms with Crippen molar-refractivity contribution in [3.05, 3.63) is 35.0 Å². The van der Waals surface area contributed by atoms with Crippen LogP contribution in [0.3, 0.4) is 0 Å². The summed E-state index contributed by atoms with van der Waals surface area (Å²) >= 11 is 1.50. The smallest absolute Gasteiger partial charge is 0.164 e. The number of nitrogens with zero attached hydrogens (tertiary/aromatic N) is 5. The molecule has 0 spiro atoms. The molecule has 98 valence electrons. The third-order valence-corrected chi connectivity index (χ3v) is 3.69. The Balaban J connectivity index is 2.12. The van der Waals surface area contributed by atoms with Crippen molar-refractivity contribution in [2.24, 2.45) is 0 Å². The summed E-state index contributed by atoms with van der Waals surface area (Å²) in [6.45, 7) is 6.94. The topological polar surface area (TPSA) is 56.5 Å². The molecule has 0 aliphatic rings. The fourth-order valence-electron chi connectivity index (χ4n) is 2.09. The third-order valence-electron chi connectivity index (χ3n) is 2.97. The highest BCUT2D eigenvalue weighted by Gasteiger charge is 2.14. The molecule has 3 rings (SSSR count). The molecular formula is C13H15N5S. The lowest BCUT2D eigenvalue weighted by molar-refractivity contribution is 0.801. The van der Waals surface area contributed by atoms with Crippen molar-refractivity contribution in [3.63, 3.8) is 0 Å². The molecule has 0 atom stereocenters. The molecule has 0 aliphatic heterocycles. The number of aryl methyl sites for hydroxylation is 1. The molecule has 0 fully saturated rings. The molecule has 19 heavy (non-hydrogen) atoms. The van der Waals surface area contributed by atoms with Crippen molar-refractivity contribution < 1.29 is 0 Å². The van der Waals surface area contributed by atoms with Gasteiger partial charge in [0.2, 0.25) is 0 Å². The quantitative estimate of drug-likeness (QED) is 0.736. The minimum atomic E-state index is 0.343. The first-order chi connectivity index (χ1) is 9.15. The molecule has 0 bridgehead atoms. The maximum absolute atomic E-state index is 4.53. The summed E-state index contributed by atoms with van der Waals surface area (Å²) in [5.74, 6) is 1.14. The van der Waals surface area contributed by atoms with Crippen molar-refractivity contribution >= 4 is 22.7 Å². The van der Waals surface area contributed by atoms with Crippen LogP contribution in [-0.4, -0.2) is 23.9 Å². The minimum Gasteiger partial charge on any atom is -0.310 e. The van der Waals surface area contributed by atoms with Gasteiger partial charge in [-0.05, 0) is 30.4 Å². The SMILES string of the molecule is Cc1nc(C(C)C)c2ncn(Cc3ccns3)c2n1. The Bertz CT molecular complexity index is 699. The fraction of sp³-hybridized carbons (Fsp3) is 0.385. The van der Waals surface area contributed by atoms with Gasteiger partial charge in [-0.3, -0.25) is 0 Å². The summed E-state index contributed by atoms with van der Waals surface area (Å²) in [4.78, 5) is 14.7. The average molecular weight is 273 g/mol. The molecule has 0 N–H and O–H groups in total. The van der Waals surface area contributed by atoms with Gasteiger partial charge in [0, 0.05) is 11.1 Å². The largest absolute Gasteiger partial charge is 0.310 e. The van der Waals surface area contributed by atoms with Gasteiger partial charge in [-0.2, -0.15) is 0 Å². The van der Waals surface area contributed by atoms with Crippen molar-refractivity contribution in [3.8, 4) is 0 Å². The van der Waals surface area contributed by atoms with Gasteiger partial charge >= 0.3 is 0 Å². The standard InChI is InChI=1S/C13H15N5S/c1-8(2)11-12-13(17-9(3)16-11)18(7-14-12)6-10-4-5-15-19-10/h4-5,7-8H,6H2,1-3H3. The summed E-state index contributed by atoms with van der Waals surface area (Å²) in [5.41, 5.74) is 2.83. The van der Waals surface area contributed by atoms with Gasteiger partial charge in [-0.15, -0.1) is 0 Å². The van der Waals surface area contributed by atoms with E-state index in [9.17, 15) is 0 Å². The van der Waals surface area contributed by atoms with Crippen LogP contribution in [0.2, 0.25) is 0 Å².